The van der Waals surface area contributed by atoms with Crippen LogP contribution in [0.3, 0.4) is 0 Å². The molecule has 76 valence electrons. The average molecular weight is 189 g/mol. The highest BCUT2D eigenvalue weighted by Gasteiger charge is 1.89. The largest absolute Gasteiger partial charge is 0.257 e. The molecule has 1 nitrogen and oxygen atoms in total. The van der Waals surface area contributed by atoms with Gasteiger partial charge in [-0.3, -0.25) is 4.99 Å². The summed E-state index contributed by atoms with van der Waals surface area (Å²) < 4.78 is 0. The zero-order valence-corrected chi connectivity index (χ0v) is 9.16. The minimum Gasteiger partial charge on any atom is -0.257 e. The summed E-state index contributed by atoms with van der Waals surface area (Å²) in [4.78, 5) is 3.97. The fourth-order valence-electron chi connectivity index (χ4n) is 0.506. The number of aliphatic imine (C=N–C) groups is 1. The van der Waals surface area contributed by atoms with E-state index in [-0.39, 0.29) is 0 Å². The number of rotatable bonds is 5. The van der Waals surface area contributed by atoms with Crippen LogP contribution in [0.1, 0.15) is 13.8 Å². The van der Waals surface area contributed by atoms with Gasteiger partial charge in [0.2, 0.25) is 0 Å². The van der Waals surface area contributed by atoms with Crippen molar-refractivity contribution in [1.29, 1.82) is 0 Å². The third-order valence-corrected chi connectivity index (χ3v) is 1.14. The van der Waals surface area contributed by atoms with Crippen LogP contribution in [0, 0.1) is 0 Å². The van der Waals surface area contributed by atoms with E-state index in [4.69, 9.17) is 0 Å². The van der Waals surface area contributed by atoms with Gasteiger partial charge >= 0.3 is 0 Å². The van der Waals surface area contributed by atoms with Gasteiger partial charge in [-0.1, -0.05) is 64.5 Å². The van der Waals surface area contributed by atoms with Gasteiger partial charge in [-0.25, -0.2) is 0 Å². The van der Waals surface area contributed by atoms with E-state index in [9.17, 15) is 0 Å². The second-order valence-electron chi connectivity index (χ2n) is 2.08. The summed E-state index contributed by atoms with van der Waals surface area (Å²) in [6, 6.07) is 0. The molecule has 0 aliphatic rings. The van der Waals surface area contributed by atoms with Crippen molar-refractivity contribution in [2.45, 2.75) is 13.8 Å². The van der Waals surface area contributed by atoms with E-state index in [0.717, 1.165) is 5.57 Å². The van der Waals surface area contributed by atoms with Crippen molar-refractivity contribution in [3.63, 3.8) is 0 Å². The Balaban J connectivity index is 0. The lowest BCUT2D eigenvalue weighted by molar-refractivity contribution is 1.39. The smallest absolute Gasteiger partial charge is 0.0624 e. The summed E-state index contributed by atoms with van der Waals surface area (Å²) in [6.07, 6.45) is 8.44. The first kappa shape index (κ1) is 14.9. The van der Waals surface area contributed by atoms with Crippen LogP contribution < -0.4 is 0 Å². The lowest BCUT2D eigenvalue weighted by atomic mass is 10.2. The molecule has 0 N–H and O–H groups in total. The van der Waals surface area contributed by atoms with Crippen molar-refractivity contribution in [2.75, 3.05) is 0 Å². The highest BCUT2D eigenvalue weighted by molar-refractivity contribution is 5.72. The quantitative estimate of drug-likeness (QED) is 0.456. The first-order valence-corrected chi connectivity index (χ1v) is 4.54. The standard InChI is InChI=1S/C11H13N.C2H6/c1-5-7-8-10(3)11(4)12-9-6-2;1-2/h5-9H,1-4H2;1-2H3/b8-7-,12-9?;. The highest BCUT2D eigenvalue weighted by Crippen LogP contribution is 2.07. The maximum atomic E-state index is 3.97. The summed E-state index contributed by atoms with van der Waals surface area (Å²) in [5.74, 6) is 0. The second kappa shape index (κ2) is 11.4. The zero-order valence-electron chi connectivity index (χ0n) is 9.16. The molecule has 0 heterocycles. The molecular weight excluding hydrogens is 170 g/mol. The Hall–Kier alpha value is -1.63. The summed E-state index contributed by atoms with van der Waals surface area (Å²) in [5.41, 5.74) is 1.40. The molecule has 0 aliphatic carbocycles. The van der Waals surface area contributed by atoms with Crippen LogP contribution in [0.15, 0.2) is 66.9 Å². The molecule has 0 radical (unpaired) electrons. The van der Waals surface area contributed by atoms with Gasteiger partial charge < -0.3 is 0 Å². The summed E-state index contributed by atoms with van der Waals surface area (Å²) >= 11 is 0. The molecule has 0 amide bonds. The Kier molecular flexibility index (Phi) is 12.1. The summed E-state index contributed by atoms with van der Waals surface area (Å²) in [6.45, 7) is 18.5. The number of hydrogen-bond donors (Lipinski definition) is 0. The molecule has 0 aromatic carbocycles. The van der Waals surface area contributed by atoms with E-state index in [1.54, 1.807) is 30.5 Å². The Morgan fingerprint density at radius 3 is 2.07 bits per heavy atom. The number of allylic oxidation sites excluding steroid dienone is 4. The van der Waals surface area contributed by atoms with Crippen molar-refractivity contribution in [3.05, 3.63) is 61.9 Å². The molecule has 0 atom stereocenters. The molecule has 0 spiro atoms. The molecule has 0 bridgehead atoms. The molecule has 0 aromatic rings. The molecule has 1 heteroatoms. The highest BCUT2D eigenvalue weighted by atomic mass is 14.7. The van der Waals surface area contributed by atoms with Gasteiger partial charge in [-0.15, -0.1) is 0 Å². The third kappa shape index (κ3) is 8.47. The van der Waals surface area contributed by atoms with E-state index in [2.05, 4.69) is 31.3 Å². The first-order valence-electron chi connectivity index (χ1n) is 4.54. The predicted molar refractivity (Wildman–Crippen MR) is 67.7 cm³/mol. The van der Waals surface area contributed by atoms with Gasteiger partial charge in [0.05, 0.1) is 5.70 Å². The molecule has 0 fully saturated rings. The van der Waals surface area contributed by atoms with Crippen LogP contribution in [0.25, 0.3) is 0 Å². The summed E-state index contributed by atoms with van der Waals surface area (Å²) in [5, 5.41) is 0. The van der Waals surface area contributed by atoms with E-state index in [1.807, 2.05) is 13.8 Å². The molecule has 0 unspecified atom stereocenters. The number of hydrogen-bond acceptors (Lipinski definition) is 1. The van der Waals surface area contributed by atoms with Crippen LogP contribution in [-0.2, 0) is 0 Å². The van der Waals surface area contributed by atoms with Crippen LogP contribution in [0.5, 0.6) is 0 Å². The van der Waals surface area contributed by atoms with Gasteiger partial charge in [-0.05, 0) is 5.57 Å². The topological polar surface area (TPSA) is 12.4 Å². The summed E-state index contributed by atoms with van der Waals surface area (Å²) in [7, 11) is 0. The molecule has 14 heavy (non-hydrogen) atoms. The lowest BCUT2D eigenvalue weighted by Crippen LogP contribution is -1.78. The Bertz CT molecular complexity index is 226. The fraction of sp³-hybridized carbons (Fsp3) is 0.154. The Labute approximate surface area is 87.6 Å². The minimum absolute atomic E-state index is 0.632. The fourth-order valence-corrected chi connectivity index (χ4v) is 0.506. The third-order valence-electron chi connectivity index (χ3n) is 1.14. The molecule has 0 aliphatic heterocycles. The Morgan fingerprint density at radius 2 is 1.64 bits per heavy atom. The average Bonchev–Trinajstić information content (AvgIpc) is 2.25. The maximum absolute atomic E-state index is 3.97. The van der Waals surface area contributed by atoms with Crippen molar-refractivity contribution in [1.82, 2.24) is 0 Å². The van der Waals surface area contributed by atoms with Crippen LogP contribution in [0.4, 0.5) is 0 Å². The number of nitrogens with zero attached hydrogens (tertiary/aromatic N) is 1. The first-order chi connectivity index (χ1) is 6.72. The van der Waals surface area contributed by atoms with E-state index in [0.29, 0.717) is 5.70 Å². The van der Waals surface area contributed by atoms with Gasteiger partial charge in [0.15, 0.2) is 0 Å². The van der Waals surface area contributed by atoms with Gasteiger partial charge in [0, 0.05) is 6.21 Å². The van der Waals surface area contributed by atoms with Crippen molar-refractivity contribution in [3.8, 4) is 0 Å². The SMILES string of the molecule is C=CC=NC(=C)C(=C)/C=C\C=C.CC. The minimum atomic E-state index is 0.632. The lowest BCUT2D eigenvalue weighted by Gasteiger charge is -1.95. The normalized spacial score (nSPS) is 9.29. The van der Waals surface area contributed by atoms with Crippen LogP contribution in [-0.4, -0.2) is 6.21 Å². The van der Waals surface area contributed by atoms with Gasteiger partial charge in [0.1, 0.15) is 0 Å². The molecule has 0 aromatic heterocycles. The van der Waals surface area contributed by atoms with Gasteiger partial charge in [-0.2, -0.15) is 0 Å². The molecule has 0 rings (SSSR count). The van der Waals surface area contributed by atoms with E-state index >= 15 is 0 Å². The predicted octanol–water partition coefficient (Wildman–Crippen LogP) is 4.08. The second-order valence-corrected chi connectivity index (χ2v) is 2.08. The van der Waals surface area contributed by atoms with Gasteiger partial charge in [0.25, 0.3) is 0 Å². The molecular formula is C13H19N. The van der Waals surface area contributed by atoms with Crippen LogP contribution >= 0.6 is 0 Å². The molecule has 0 saturated heterocycles. The van der Waals surface area contributed by atoms with Crippen molar-refractivity contribution < 1.29 is 0 Å². The molecule has 0 saturated carbocycles. The van der Waals surface area contributed by atoms with E-state index < -0.39 is 0 Å². The monoisotopic (exact) mass is 189 g/mol. The maximum Gasteiger partial charge on any atom is 0.0624 e. The van der Waals surface area contributed by atoms with Crippen molar-refractivity contribution in [2.24, 2.45) is 4.99 Å². The van der Waals surface area contributed by atoms with Crippen molar-refractivity contribution >= 4 is 6.21 Å². The zero-order chi connectivity index (χ0) is 11.4. The Morgan fingerprint density at radius 1 is 1.07 bits per heavy atom. The van der Waals surface area contributed by atoms with Crippen LogP contribution in [0.2, 0.25) is 0 Å². The van der Waals surface area contributed by atoms with E-state index in [1.165, 1.54) is 0 Å².